The lowest BCUT2D eigenvalue weighted by Gasteiger charge is -2.16. The minimum Gasteiger partial charge on any atom is -0.495 e. The van der Waals surface area contributed by atoms with Crippen LogP contribution < -0.4 is 20.7 Å². The van der Waals surface area contributed by atoms with E-state index < -0.39 is 0 Å². The highest BCUT2D eigenvalue weighted by Crippen LogP contribution is 2.27. The fourth-order valence-corrected chi connectivity index (χ4v) is 4.19. The summed E-state index contributed by atoms with van der Waals surface area (Å²) in [7, 11) is 1.58. The third-order valence-corrected chi connectivity index (χ3v) is 5.92. The highest BCUT2D eigenvalue weighted by atomic mass is 35.5. The molecule has 0 fully saturated rings. The highest BCUT2D eigenvalue weighted by Gasteiger charge is 2.10. The van der Waals surface area contributed by atoms with Gasteiger partial charge < -0.3 is 20.4 Å². The minimum atomic E-state index is 0.316. The number of imidazole rings is 1. The zero-order valence-corrected chi connectivity index (χ0v) is 21.8. The van der Waals surface area contributed by atoms with Gasteiger partial charge in [0.15, 0.2) is 5.11 Å². The van der Waals surface area contributed by atoms with Gasteiger partial charge in [0, 0.05) is 33.6 Å². The van der Waals surface area contributed by atoms with Crippen molar-refractivity contribution in [3.8, 4) is 5.75 Å². The number of aromatic nitrogens is 4. The number of aliphatic imine (C=N–C) groups is 1. The lowest BCUT2D eigenvalue weighted by molar-refractivity contribution is 0.417. The van der Waals surface area contributed by atoms with Crippen molar-refractivity contribution in [2.75, 3.05) is 30.0 Å². The molecule has 0 amide bonds. The van der Waals surface area contributed by atoms with Crippen LogP contribution in [0.3, 0.4) is 0 Å². The number of nitrogens with zero attached hydrogens (tertiary/aromatic N) is 4. The number of aryl methyl sites for hydroxylation is 3. The van der Waals surface area contributed by atoms with E-state index in [1.807, 2.05) is 26.8 Å². The number of thiocarbonyl (C=S) groups is 1. The van der Waals surface area contributed by atoms with Gasteiger partial charge in [-0.15, -0.1) is 0 Å². The molecule has 0 bridgehead atoms. The molecule has 4 N–H and O–H groups in total. The van der Waals surface area contributed by atoms with E-state index in [1.165, 1.54) is 0 Å². The van der Waals surface area contributed by atoms with Crippen LogP contribution >= 0.6 is 35.6 Å². The molecule has 3 aromatic rings. The average molecular weight is 519 g/mol. The number of hydrogen-bond donors (Lipinski definition) is 4. The first kappa shape index (κ1) is 25.7. The predicted octanol–water partition coefficient (Wildman–Crippen LogP) is 4.47. The van der Waals surface area contributed by atoms with Crippen LogP contribution in [0.1, 0.15) is 22.8 Å². The number of aromatic amines is 1. The van der Waals surface area contributed by atoms with E-state index in [-0.39, 0.29) is 0 Å². The quantitative estimate of drug-likeness (QED) is 0.148. The van der Waals surface area contributed by atoms with Crippen LogP contribution in [0.15, 0.2) is 35.6 Å². The van der Waals surface area contributed by atoms with Crippen molar-refractivity contribution in [1.29, 1.82) is 0 Å². The minimum absolute atomic E-state index is 0.316. The van der Waals surface area contributed by atoms with E-state index in [1.54, 1.807) is 43.4 Å². The normalized spacial score (nSPS) is 11.3. The maximum absolute atomic E-state index is 6.12. The molecule has 2 heterocycles. The van der Waals surface area contributed by atoms with Gasteiger partial charge in [0.25, 0.3) is 0 Å². The molecule has 9 nitrogen and oxygen atoms in total. The Morgan fingerprint density at radius 3 is 2.62 bits per heavy atom. The summed E-state index contributed by atoms with van der Waals surface area (Å²) >= 11 is 13.4. The van der Waals surface area contributed by atoms with Crippen molar-refractivity contribution in [2.24, 2.45) is 4.99 Å². The van der Waals surface area contributed by atoms with Gasteiger partial charge in [0.2, 0.25) is 11.9 Å². The summed E-state index contributed by atoms with van der Waals surface area (Å²) in [5.74, 6) is 3.10. The van der Waals surface area contributed by atoms with Crippen LogP contribution in [0.4, 0.5) is 11.6 Å². The Bertz CT molecular complexity index is 1150. The first-order chi connectivity index (χ1) is 16.3. The number of halogens is 1. The van der Waals surface area contributed by atoms with E-state index in [2.05, 4.69) is 40.9 Å². The van der Waals surface area contributed by atoms with Crippen molar-refractivity contribution in [3.63, 3.8) is 0 Å². The molecule has 34 heavy (non-hydrogen) atoms. The maximum atomic E-state index is 6.12. The lowest BCUT2D eigenvalue weighted by Crippen LogP contribution is -2.39. The molecule has 0 aliphatic heterocycles. The van der Waals surface area contributed by atoms with Crippen LogP contribution in [-0.2, 0) is 5.75 Å². The molecule has 0 saturated heterocycles. The number of thioether (sulfide) groups is 1. The van der Waals surface area contributed by atoms with E-state index in [0.717, 1.165) is 34.3 Å². The molecule has 0 unspecified atom stereocenters. The van der Waals surface area contributed by atoms with Crippen molar-refractivity contribution >= 4 is 58.3 Å². The largest absolute Gasteiger partial charge is 0.495 e. The smallest absolute Gasteiger partial charge is 0.229 e. The summed E-state index contributed by atoms with van der Waals surface area (Å²) in [6.45, 7) is 6.39. The highest BCUT2D eigenvalue weighted by molar-refractivity contribution is 7.98. The number of anilines is 2. The van der Waals surface area contributed by atoms with Crippen molar-refractivity contribution in [3.05, 3.63) is 58.4 Å². The molecule has 0 aliphatic rings. The number of benzene rings is 1. The second-order valence-corrected chi connectivity index (χ2v) is 9.23. The van der Waals surface area contributed by atoms with Gasteiger partial charge in [-0.1, -0.05) is 11.6 Å². The third kappa shape index (κ3) is 7.86. The SMILES string of the molecule is COc1ccc(Cl)cc1NC(=S)NC(=NCCSCc1nc[nH]c1C)Nc1nc(C)cc(C)n1. The second kappa shape index (κ2) is 12.5. The summed E-state index contributed by atoms with van der Waals surface area (Å²) in [6.07, 6.45) is 1.71. The zero-order chi connectivity index (χ0) is 24.5. The molecule has 3 rings (SSSR count). The summed E-state index contributed by atoms with van der Waals surface area (Å²) < 4.78 is 5.37. The lowest BCUT2D eigenvalue weighted by atomic mass is 10.3. The first-order valence-corrected chi connectivity index (χ1v) is 12.4. The van der Waals surface area contributed by atoms with Crippen LogP contribution in [0, 0.1) is 20.8 Å². The fourth-order valence-electron chi connectivity index (χ4n) is 2.96. The zero-order valence-electron chi connectivity index (χ0n) is 19.4. The monoisotopic (exact) mass is 518 g/mol. The van der Waals surface area contributed by atoms with Gasteiger partial charge in [0.1, 0.15) is 5.75 Å². The molecule has 180 valence electrons. The number of methoxy groups -OCH3 is 1. The average Bonchev–Trinajstić information content (AvgIpc) is 3.17. The Hall–Kier alpha value is -2.89. The summed E-state index contributed by atoms with van der Waals surface area (Å²) in [5, 5.41) is 10.2. The van der Waals surface area contributed by atoms with E-state index in [9.17, 15) is 0 Å². The molecule has 0 saturated carbocycles. The predicted molar refractivity (Wildman–Crippen MR) is 144 cm³/mol. The molecule has 0 spiro atoms. The Morgan fingerprint density at radius 2 is 1.94 bits per heavy atom. The molecular formula is C22H27ClN8OS2. The molecule has 12 heteroatoms. The number of guanidine groups is 1. The molecule has 0 atom stereocenters. The Balaban J connectivity index is 1.67. The number of rotatable bonds is 8. The fraction of sp³-hybridized carbons (Fsp3) is 0.318. The number of nitrogens with one attached hydrogen (secondary N) is 4. The molecule has 0 aliphatic carbocycles. The molecular weight excluding hydrogens is 492 g/mol. The third-order valence-electron chi connectivity index (χ3n) is 4.53. The Labute approximate surface area is 213 Å². The van der Waals surface area contributed by atoms with E-state index in [4.69, 9.17) is 28.6 Å². The Kier molecular flexibility index (Phi) is 9.49. The molecule has 0 radical (unpaired) electrons. The summed E-state index contributed by atoms with van der Waals surface area (Å²) in [5.41, 5.74) is 4.47. The number of hydrogen-bond acceptors (Lipinski definition) is 7. The Morgan fingerprint density at radius 1 is 1.18 bits per heavy atom. The van der Waals surface area contributed by atoms with Gasteiger partial charge in [0.05, 0.1) is 31.4 Å². The van der Waals surface area contributed by atoms with E-state index >= 15 is 0 Å². The van der Waals surface area contributed by atoms with Crippen molar-refractivity contribution < 1.29 is 4.74 Å². The van der Waals surface area contributed by atoms with Gasteiger partial charge in [-0.05, 0) is 57.3 Å². The summed E-state index contributed by atoms with van der Waals surface area (Å²) in [4.78, 5) is 20.9. The van der Waals surface area contributed by atoms with Crippen LogP contribution in [0.2, 0.25) is 5.02 Å². The van der Waals surface area contributed by atoms with Crippen LogP contribution in [-0.4, -0.2) is 50.4 Å². The molecule has 2 aromatic heterocycles. The van der Waals surface area contributed by atoms with Gasteiger partial charge in [-0.2, -0.15) is 11.8 Å². The number of H-pyrrole nitrogens is 1. The van der Waals surface area contributed by atoms with Crippen LogP contribution in [0.5, 0.6) is 5.75 Å². The van der Waals surface area contributed by atoms with Crippen molar-refractivity contribution in [1.82, 2.24) is 25.3 Å². The molecule has 1 aromatic carbocycles. The first-order valence-electron chi connectivity index (χ1n) is 10.5. The van der Waals surface area contributed by atoms with Gasteiger partial charge in [-0.25, -0.2) is 15.0 Å². The second-order valence-electron chi connectivity index (χ2n) is 7.28. The number of ether oxygens (including phenoxy) is 1. The maximum Gasteiger partial charge on any atom is 0.229 e. The van der Waals surface area contributed by atoms with Crippen LogP contribution in [0.25, 0.3) is 0 Å². The summed E-state index contributed by atoms with van der Waals surface area (Å²) in [6, 6.07) is 7.15. The van der Waals surface area contributed by atoms with E-state index in [0.29, 0.717) is 40.0 Å². The van der Waals surface area contributed by atoms with Crippen molar-refractivity contribution in [2.45, 2.75) is 26.5 Å². The van der Waals surface area contributed by atoms with Gasteiger partial charge in [-0.3, -0.25) is 10.3 Å². The van der Waals surface area contributed by atoms with Gasteiger partial charge >= 0.3 is 0 Å². The topological polar surface area (TPSA) is 112 Å². The standard InChI is InChI=1S/C22H27ClN8OS2/c1-13-9-14(2)28-21(27-13)30-20(24-7-8-34-11-18-15(3)25-12-26-18)31-22(33)29-17-10-16(23)5-6-19(17)32-4/h5-6,9-10,12H,7-8,11H2,1-4H3,(H,25,26)(H3,24,27,28,29,30,31,33).